The summed E-state index contributed by atoms with van der Waals surface area (Å²) in [6, 6.07) is 10.1. The van der Waals surface area contributed by atoms with Gasteiger partial charge >= 0.3 is 0 Å². The van der Waals surface area contributed by atoms with Gasteiger partial charge in [-0.1, -0.05) is 44.2 Å². The van der Waals surface area contributed by atoms with Crippen LogP contribution >= 0.6 is 0 Å². The molecule has 0 aromatic heterocycles. The minimum Gasteiger partial charge on any atom is -0.497 e. The Morgan fingerprint density at radius 2 is 2.00 bits per heavy atom. The summed E-state index contributed by atoms with van der Waals surface area (Å²) in [7, 11) is 0. The van der Waals surface area contributed by atoms with Gasteiger partial charge in [-0.05, 0) is 12.5 Å². The molecule has 0 saturated heterocycles. The second-order valence-electron chi connectivity index (χ2n) is 5.53. The van der Waals surface area contributed by atoms with Gasteiger partial charge in [-0.3, -0.25) is 4.79 Å². The molecular weight excluding hydrogens is 252 g/mol. The van der Waals surface area contributed by atoms with Gasteiger partial charge in [0.1, 0.15) is 6.10 Å². The molecule has 0 saturated carbocycles. The Morgan fingerprint density at radius 1 is 1.30 bits per heavy atom. The van der Waals surface area contributed by atoms with Crippen LogP contribution in [0.5, 0.6) is 0 Å². The number of hydrogen-bond donors (Lipinski definition) is 0. The van der Waals surface area contributed by atoms with E-state index in [4.69, 9.17) is 9.47 Å². The average Bonchev–Trinajstić information content (AvgIpc) is 2.46. The second kappa shape index (κ2) is 6.71. The minimum atomic E-state index is -0.102. The van der Waals surface area contributed by atoms with Crippen LogP contribution in [-0.4, -0.2) is 18.5 Å². The molecule has 3 atom stereocenters. The first-order chi connectivity index (χ1) is 9.59. The molecule has 0 unspecified atom stereocenters. The number of hydrogen-bond acceptors (Lipinski definition) is 3. The summed E-state index contributed by atoms with van der Waals surface area (Å²) < 4.78 is 11.4. The van der Waals surface area contributed by atoms with Gasteiger partial charge in [0, 0.05) is 11.5 Å². The maximum absolute atomic E-state index is 11.9. The molecule has 1 aromatic carbocycles. The van der Waals surface area contributed by atoms with E-state index in [2.05, 4.69) is 6.92 Å². The first kappa shape index (κ1) is 14.8. The molecule has 3 heteroatoms. The van der Waals surface area contributed by atoms with Crippen LogP contribution in [0.3, 0.4) is 0 Å². The van der Waals surface area contributed by atoms with Crippen molar-refractivity contribution in [2.45, 2.75) is 33.5 Å². The van der Waals surface area contributed by atoms with Gasteiger partial charge in [-0.25, -0.2) is 0 Å². The summed E-state index contributed by atoms with van der Waals surface area (Å²) >= 11 is 0. The molecule has 1 aliphatic heterocycles. The summed E-state index contributed by atoms with van der Waals surface area (Å²) in [5, 5.41) is 0. The van der Waals surface area contributed by atoms with Gasteiger partial charge in [0.05, 0.1) is 25.4 Å². The third kappa shape index (κ3) is 3.48. The Kier molecular flexibility index (Phi) is 4.96. The Balaban J connectivity index is 1.83. The predicted octanol–water partition coefficient (Wildman–Crippen LogP) is 3.35. The van der Waals surface area contributed by atoms with Crippen LogP contribution in [0.15, 0.2) is 42.2 Å². The first-order valence-corrected chi connectivity index (χ1v) is 7.07. The fourth-order valence-electron chi connectivity index (χ4n) is 2.52. The number of carbonyl (C=O) groups excluding carboxylic acids is 1. The summed E-state index contributed by atoms with van der Waals surface area (Å²) in [5.74, 6) is 0.258. The lowest BCUT2D eigenvalue weighted by atomic mass is 9.86. The van der Waals surface area contributed by atoms with E-state index in [1.807, 2.05) is 37.3 Å². The highest BCUT2D eigenvalue weighted by Crippen LogP contribution is 2.26. The number of carbonyl (C=O) groups is 1. The van der Waals surface area contributed by atoms with Crippen molar-refractivity contribution in [3.8, 4) is 0 Å². The average molecular weight is 274 g/mol. The van der Waals surface area contributed by atoms with Crippen molar-refractivity contribution < 1.29 is 14.3 Å². The summed E-state index contributed by atoms with van der Waals surface area (Å²) in [4.78, 5) is 11.9. The highest BCUT2D eigenvalue weighted by Gasteiger charge is 2.33. The second-order valence-corrected chi connectivity index (χ2v) is 5.53. The maximum atomic E-state index is 11.9. The molecule has 20 heavy (non-hydrogen) atoms. The van der Waals surface area contributed by atoms with E-state index in [1.165, 1.54) is 0 Å². The zero-order valence-electron chi connectivity index (χ0n) is 12.3. The van der Waals surface area contributed by atoms with E-state index in [9.17, 15) is 4.79 Å². The van der Waals surface area contributed by atoms with Gasteiger partial charge < -0.3 is 9.47 Å². The predicted molar refractivity (Wildman–Crippen MR) is 78.1 cm³/mol. The number of Topliss-reactive ketones (excluding diaryl/α,β-unsaturated/α-hetero) is 1. The van der Waals surface area contributed by atoms with E-state index < -0.39 is 0 Å². The molecule has 0 radical (unpaired) electrons. The quantitative estimate of drug-likeness (QED) is 0.826. The van der Waals surface area contributed by atoms with E-state index in [-0.39, 0.29) is 23.7 Å². The highest BCUT2D eigenvalue weighted by atomic mass is 16.5. The molecule has 1 heterocycles. The first-order valence-electron chi connectivity index (χ1n) is 7.07. The van der Waals surface area contributed by atoms with Crippen LogP contribution in [-0.2, 0) is 20.9 Å². The molecule has 0 spiro atoms. The lowest BCUT2D eigenvalue weighted by molar-refractivity contribution is -0.127. The zero-order chi connectivity index (χ0) is 14.5. The van der Waals surface area contributed by atoms with Crippen molar-refractivity contribution in [3.05, 3.63) is 47.7 Å². The van der Waals surface area contributed by atoms with Crippen molar-refractivity contribution in [1.82, 2.24) is 0 Å². The van der Waals surface area contributed by atoms with Crippen LogP contribution < -0.4 is 0 Å². The van der Waals surface area contributed by atoms with Crippen molar-refractivity contribution in [2.75, 3.05) is 6.61 Å². The highest BCUT2D eigenvalue weighted by molar-refractivity contribution is 5.97. The summed E-state index contributed by atoms with van der Waals surface area (Å²) in [6.07, 6.45) is 1.49. The molecule has 1 aliphatic rings. The molecule has 0 N–H and O–H groups in total. The number of benzene rings is 1. The fourth-order valence-corrected chi connectivity index (χ4v) is 2.52. The molecule has 108 valence electrons. The smallest absolute Gasteiger partial charge is 0.168 e. The SMILES string of the molecule is CC1=CO[C@@H]([C@@H](C)COCc2ccccc2)[C@@H](C)C1=O. The molecule has 0 amide bonds. The lowest BCUT2D eigenvalue weighted by Crippen LogP contribution is -2.38. The fraction of sp³-hybridized carbons (Fsp3) is 0.471. The molecule has 0 aliphatic carbocycles. The molecule has 0 fully saturated rings. The Labute approximate surface area is 120 Å². The normalized spacial score (nSPS) is 23.9. The van der Waals surface area contributed by atoms with Crippen LogP contribution in [0.1, 0.15) is 26.3 Å². The third-order valence-corrected chi connectivity index (χ3v) is 3.75. The summed E-state index contributed by atoms with van der Waals surface area (Å²) in [5.41, 5.74) is 1.86. The standard InChI is InChI=1S/C17H22O3/c1-12-10-20-17(14(3)16(12)18)13(2)9-19-11-15-7-5-4-6-8-15/h4-8,10,13-14,17H,9,11H2,1-3H3/t13-,14-,17-/m0/s1. The lowest BCUT2D eigenvalue weighted by Gasteiger charge is -2.31. The molecule has 2 rings (SSSR count). The van der Waals surface area contributed by atoms with Crippen molar-refractivity contribution in [2.24, 2.45) is 11.8 Å². The van der Waals surface area contributed by atoms with Crippen molar-refractivity contribution >= 4 is 5.78 Å². The van der Waals surface area contributed by atoms with E-state index >= 15 is 0 Å². The van der Waals surface area contributed by atoms with E-state index in [0.29, 0.717) is 18.8 Å². The molecule has 1 aromatic rings. The van der Waals surface area contributed by atoms with Crippen LogP contribution in [0.2, 0.25) is 0 Å². The zero-order valence-corrected chi connectivity index (χ0v) is 12.3. The molecular formula is C17H22O3. The van der Waals surface area contributed by atoms with Crippen LogP contribution in [0, 0.1) is 11.8 Å². The third-order valence-electron chi connectivity index (χ3n) is 3.75. The van der Waals surface area contributed by atoms with Gasteiger partial charge in [0.25, 0.3) is 0 Å². The van der Waals surface area contributed by atoms with Gasteiger partial charge in [0.2, 0.25) is 0 Å². The Morgan fingerprint density at radius 3 is 2.70 bits per heavy atom. The largest absolute Gasteiger partial charge is 0.497 e. The topological polar surface area (TPSA) is 35.5 Å². The van der Waals surface area contributed by atoms with Crippen molar-refractivity contribution in [3.63, 3.8) is 0 Å². The van der Waals surface area contributed by atoms with Gasteiger partial charge in [-0.2, -0.15) is 0 Å². The maximum Gasteiger partial charge on any atom is 0.168 e. The number of rotatable bonds is 5. The number of ether oxygens (including phenoxy) is 2. The molecule has 3 nitrogen and oxygen atoms in total. The van der Waals surface area contributed by atoms with Crippen LogP contribution in [0.4, 0.5) is 0 Å². The number of allylic oxidation sites excluding steroid dienone is 1. The molecule has 0 bridgehead atoms. The van der Waals surface area contributed by atoms with E-state index in [0.717, 1.165) is 5.56 Å². The van der Waals surface area contributed by atoms with Gasteiger partial charge in [0.15, 0.2) is 5.78 Å². The van der Waals surface area contributed by atoms with Crippen molar-refractivity contribution in [1.29, 1.82) is 0 Å². The minimum absolute atomic E-state index is 0.0954. The number of ketones is 1. The van der Waals surface area contributed by atoms with Crippen LogP contribution in [0.25, 0.3) is 0 Å². The van der Waals surface area contributed by atoms with E-state index in [1.54, 1.807) is 13.2 Å². The van der Waals surface area contributed by atoms with Gasteiger partial charge in [-0.15, -0.1) is 0 Å². The summed E-state index contributed by atoms with van der Waals surface area (Å²) in [6.45, 7) is 6.97. The Bertz CT molecular complexity index is 478. The monoisotopic (exact) mass is 274 g/mol. The Hall–Kier alpha value is -1.61.